The van der Waals surface area contributed by atoms with Crippen molar-refractivity contribution in [2.45, 2.75) is 25.3 Å². The molecule has 1 unspecified atom stereocenters. The Labute approximate surface area is 220 Å². The van der Waals surface area contributed by atoms with Gasteiger partial charge < -0.3 is 26.8 Å². The number of carbonyl (C=O) groups excluding carboxylic acids is 3. The van der Waals surface area contributed by atoms with Crippen LogP contribution in [-0.2, 0) is 16.0 Å². The lowest BCUT2D eigenvalue weighted by Gasteiger charge is -2.40. The van der Waals surface area contributed by atoms with Crippen LogP contribution in [-0.4, -0.2) is 83.3 Å². The number of benzene rings is 2. The third-order valence-corrected chi connectivity index (χ3v) is 6.20. The number of nitrogens with two attached hydrogens (primary N) is 2. The SMILES string of the molecule is N=C(N)c1ccc(C(=O)NCCCC2C(=O)N(CC(=O)O)CCN2NC(=O)c2ccc(CCN)cc2)cc1. The van der Waals surface area contributed by atoms with Crippen LogP contribution in [0.25, 0.3) is 0 Å². The lowest BCUT2D eigenvalue weighted by atomic mass is 10.1. The third kappa shape index (κ3) is 7.60. The van der Waals surface area contributed by atoms with Gasteiger partial charge in [0.05, 0.1) is 0 Å². The summed E-state index contributed by atoms with van der Waals surface area (Å²) in [4.78, 5) is 50.9. The van der Waals surface area contributed by atoms with E-state index in [1.54, 1.807) is 41.4 Å². The van der Waals surface area contributed by atoms with Crippen LogP contribution in [0.1, 0.15) is 44.7 Å². The minimum absolute atomic E-state index is 0.0914. The molecule has 12 heteroatoms. The molecule has 3 rings (SSSR count). The maximum Gasteiger partial charge on any atom is 0.323 e. The standard InChI is InChI=1S/C26H33N7O5/c27-12-11-17-3-5-20(6-4-17)25(37)31-33-15-14-32(16-22(34)35)26(38)21(33)2-1-13-30-24(36)19-9-7-18(8-10-19)23(28)29/h3-10,21H,1-2,11-16,27H2,(H3,28,29)(H,30,36)(H,31,37)(H,34,35). The predicted octanol–water partition coefficient (Wildman–Crippen LogP) is -0.0757. The summed E-state index contributed by atoms with van der Waals surface area (Å²) in [6.45, 7) is 0.759. The number of hydrogen-bond donors (Lipinski definition) is 6. The first-order valence-corrected chi connectivity index (χ1v) is 12.3. The van der Waals surface area contributed by atoms with Crippen molar-refractivity contribution in [1.29, 1.82) is 5.41 Å². The van der Waals surface area contributed by atoms with E-state index in [4.69, 9.17) is 16.9 Å². The van der Waals surface area contributed by atoms with Gasteiger partial charge in [-0.25, -0.2) is 5.01 Å². The van der Waals surface area contributed by atoms with E-state index in [-0.39, 0.29) is 43.7 Å². The van der Waals surface area contributed by atoms with Crippen LogP contribution in [0.5, 0.6) is 0 Å². The fraction of sp³-hybridized carbons (Fsp3) is 0.346. The van der Waals surface area contributed by atoms with Crippen molar-refractivity contribution in [3.63, 3.8) is 0 Å². The molecule has 0 aromatic heterocycles. The summed E-state index contributed by atoms with van der Waals surface area (Å²) in [6, 6.07) is 12.6. The number of nitrogen functional groups attached to an aromatic ring is 1. The minimum Gasteiger partial charge on any atom is -0.480 e. The zero-order chi connectivity index (χ0) is 27.7. The molecule has 1 aliphatic heterocycles. The molecule has 2 aromatic carbocycles. The molecule has 1 fully saturated rings. The molecule has 0 aliphatic carbocycles. The van der Waals surface area contributed by atoms with Crippen LogP contribution in [0, 0.1) is 5.41 Å². The summed E-state index contributed by atoms with van der Waals surface area (Å²) >= 11 is 0. The first-order chi connectivity index (χ1) is 18.2. The zero-order valence-corrected chi connectivity index (χ0v) is 21.0. The van der Waals surface area contributed by atoms with Gasteiger partial charge in [-0.05, 0) is 55.6 Å². The number of hydrogen-bond acceptors (Lipinski definition) is 7. The number of aliphatic carboxylic acids is 1. The number of carbonyl (C=O) groups is 4. The molecule has 2 aromatic rings. The van der Waals surface area contributed by atoms with Crippen molar-refractivity contribution in [3.05, 3.63) is 70.8 Å². The molecule has 1 atom stereocenters. The number of nitrogens with zero attached hydrogens (tertiary/aromatic N) is 2. The van der Waals surface area contributed by atoms with Crippen molar-refractivity contribution in [3.8, 4) is 0 Å². The van der Waals surface area contributed by atoms with E-state index in [0.717, 1.165) is 5.56 Å². The van der Waals surface area contributed by atoms with E-state index in [9.17, 15) is 24.3 Å². The highest BCUT2D eigenvalue weighted by Crippen LogP contribution is 2.16. The van der Waals surface area contributed by atoms with Gasteiger partial charge in [-0.2, -0.15) is 0 Å². The second kappa shape index (κ2) is 13.3. The van der Waals surface area contributed by atoms with Gasteiger partial charge in [-0.15, -0.1) is 0 Å². The fourth-order valence-corrected chi connectivity index (χ4v) is 4.16. The molecular formula is C26H33N7O5. The van der Waals surface area contributed by atoms with Crippen LogP contribution in [0.3, 0.4) is 0 Å². The lowest BCUT2D eigenvalue weighted by Crippen LogP contribution is -2.62. The number of carboxylic acids is 1. The summed E-state index contributed by atoms with van der Waals surface area (Å²) < 4.78 is 0. The Balaban J connectivity index is 1.61. The van der Waals surface area contributed by atoms with Gasteiger partial charge in [0.2, 0.25) is 5.91 Å². The highest BCUT2D eigenvalue weighted by Gasteiger charge is 2.36. The molecule has 0 spiro atoms. The molecule has 3 amide bonds. The van der Waals surface area contributed by atoms with Crippen LogP contribution in [0.2, 0.25) is 0 Å². The Morgan fingerprint density at radius 1 is 0.974 bits per heavy atom. The van der Waals surface area contributed by atoms with Gasteiger partial charge in [-0.1, -0.05) is 24.3 Å². The first-order valence-electron chi connectivity index (χ1n) is 12.3. The molecule has 1 saturated heterocycles. The molecule has 0 saturated carbocycles. The average molecular weight is 524 g/mol. The molecule has 1 heterocycles. The largest absolute Gasteiger partial charge is 0.480 e. The number of rotatable bonds is 12. The molecule has 202 valence electrons. The smallest absolute Gasteiger partial charge is 0.323 e. The van der Waals surface area contributed by atoms with E-state index in [0.29, 0.717) is 36.1 Å². The highest BCUT2D eigenvalue weighted by molar-refractivity contribution is 5.98. The summed E-state index contributed by atoms with van der Waals surface area (Å²) in [5.74, 6) is -2.30. The topological polar surface area (TPSA) is 195 Å². The Bertz CT molecular complexity index is 1170. The molecule has 38 heavy (non-hydrogen) atoms. The Morgan fingerprint density at radius 3 is 2.18 bits per heavy atom. The van der Waals surface area contributed by atoms with Crippen molar-refractivity contribution < 1.29 is 24.3 Å². The Kier molecular flexibility index (Phi) is 9.91. The van der Waals surface area contributed by atoms with Crippen LogP contribution >= 0.6 is 0 Å². The summed E-state index contributed by atoms with van der Waals surface area (Å²) in [5, 5.41) is 20.9. The molecule has 1 aliphatic rings. The number of nitrogens with one attached hydrogen (secondary N) is 3. The van der Waals surface area contributed by atoms with Crippen molar-refractivity contribution in [2.24, 2.45) is 11.5 Å². The number of amides is 3. The third-order valence-electron chi connectivity index (χ3n) is 6.20. The van der Waals surface area contributed by atoms with Gasteiger partial charge in [-0.3, -0.25) is 30.0 Å². The van der Waals surface area contributed by atoms with E-state index in [1.165, 1.54) is 4.90 Å². The molecule has 0 radical (unpaired) electrons. The monoisotopic (exact) mass is 523 g/mol. The van der Waals surface area contributed by atoms with Crippen molar-refractivity contribution >= 4 is 29.5 Å². The molecular weight excluding hydrogens is 490 g/mol. The predicted molar refractivity (Wildman–Crippen MR) is 140 cm³/mol. The number of amidine groups is 1. The van der Waals surface area contributed by atoms with E-state index in [1.807, 2.05) is 12.1 Å². The van der Waals surface area contributed by atoms with Gasteiger partial charge in [0, 0.05) is 36.3 Å². The number of hydrazine groups is 1. The van der Waals surface area contributed by atoms with E-state index < -0.39 is 24.5 Å². The quantitative estimate of drug-likeness (QED) is 0.126. The van der Waals surface area contributed by atoms with Gasteiger partial charge in [0.15, 0.2) is 0 Å². The summed E-state index contributed by atoms with van der Waals surface area (Å²) in [6.07, 6.45) is 1.40. The van der Waals surface area contributed by atoms with Gasteiger partial charge in [0.1, 0.15) is 18.4 Å². The number of carboxylic acid groups (broad SMARTS) is 1. The average Bonchev–Trinajstić information content (AvgIpc) is 2.89. The highest BCUT2D eigenvalue weighted by atomic mass is 16.4. The second-order valence-corrected chi connectivity index (χ2v) is 8.93. The fourth-order valence-electron chi connectivity index (χ4n) is 4.16. The zero-order valence-electron chi connectivity index (χ0n) is 21.0. The molecule has 12 nitrogen and oxygen atoms in total. The van der Waals surface area contributed by atoms with E-state index >= 15 is 0 Å². The Hall–Kier alpha value is -4.29. The number of piperazine rings is 1. The maximum absolute atomic E-state index is 13.1. The van der Waals surface area contributed by atoms with Gasteiger partial charge >= 0.3 is 5.97 Å². The van der Waals surface area contributed by atoms with Crippen LogP contribution < -0.4 is 22.2 Å². The second-order valence-electron chi connectivity index (χ2n) is 8.93. The minimum atomic E-state index is -1.12. The van der Waals surface area contributed by atoms with Crippen molar-refractivity contribution in [1.82, 2.24) is 20.7 Å². The Morgan fingerprint density at radius 2 is 1.58 bits per heavy atom. The van der Waals surface area contributed by atoms with Gasteiger partial charge in [0.25, 0.3) is 11.8 Å². The van der Waals surface area contributed by atoms with Crippen LogP contribution in [0.15, 0.2) is 48.5 Å². The lowest BCUT2D eigenvalue weighted by molar-refractivity contribution is -0.151. The molecule has 0 bridgehead atoms. The van der Waals surface area contributed by atoms with Crippen LogP contribution in [0.4, 0.5) is 0 Å². The molecule has 8 N–H and O–H groups in total. The van der Waals surface area contributed by atoms with Crippen molar-refractivity contribution in [2.75, 3.05) is 32.7 Å². The summed E-state index contributed by atoms with van der Waals surface area (Å²) in [5.41, 5.74) is 16.1. The normalized spacial score (nSPS) is 15.7. The summed E-state index contributed by atoms with van der Waals surface area (Å²) in [7, 11) is 0. The maximum atomic E-state index is 13.1. The van der Waals surface area contributed by atoms with E-state index in [2.05, 4.69) is 10.7 Å². The first kappa shape index (κ1) is 28.3.